The quantitative estimate of drug-likeness (QED) is 0.798. The van der Waals surface area contributed by atoms with Crippen molar-refractivity contribution in [3.8, 4) is 0 Å². The topological polar surface area (TPSA) is 61.8 Å². The molecule has 100 valence electrons. The number of carbonyl (C=O) groups is 2. The first-order chi connectivity index (χ1) is 8.41. The number of likely N-dealkylation sites (tertiary alicyclic amines) is 1. The third-order valence-electron chi connectivity index (χ3n) is 4.51. The number of aliphatic imine (C=N–C) groups is 1. The van der Waals surface area contributed by atoms with E-state index < -0.39 is 0 Å². The fourth-order valence-electron chi connectivity index (χ4n) is 3.17. The first kappa shape index (κ1) is 13.1. The summed E-state index contributed by atoms with van der Waals surface area (Å²) in [5.41, 5.74) is 0.670. The smallest absolute Gasteiger partial charge is 0.223 e. The summed E-state index contributed by atoms with van der Waals surface area (Å²) in [6.07, 6.45) is 0.879. The van der Waals surface area contributed by atoms with Gasteiger partial charge in [-0.15, -0.1) is 0 Å². The average molecular weight is 251 g/mol. The number of rotatable bonds is 3. The number of nitrogens with zero attached hydrogens (tertiary/aromatic N) is 2. The minimum atomic E-state index is -0.297. The summed E-state index contributed by atoms with van der Waals surface area (Å²) >= 11 is 0. The van der Waals surface area contributed by atoms with E-state index in [1.807, 2.05) is 20.9 Å². The number of fused-ring (bicyclic) bond motifs is 1. The van der Waals surface area contributed by atoms with Gasteiger partial charge in [-0.25, -0.2) is 0 Å². The molecule has 5 heteroatoms. The van der Waals surface area contributed by atoms with Gasteiger partial charge in [0.25, 0.3) is 0 Å². The summed E-state index contributed by atoms with van der Waals surface area (Å²) in [6.45, 7) is 6.55. The second-order valence-electron chi connectivity index (χ2n) is 5.35. The van der Waals surface area contributed by atoms with Crippen LogP contribution in [0.25, 0.3) is 0 Å². The molecule has 0 saturated carbocycles. The Hall–Kier alpha value is -1.39. The Morgan fingerprint density at radius 1 is 1.61 bits per heavy atom. The second-order valence-corrected chi connectivity index (χ2v) is 5.35. The molecule has 3 unspecified atom stereocenters. The van der Waals surface area contributed by atoms with E-state index in [2.05, 4.69) is 17.2 Å². The van der Waals surface area contributed by atoms with Gasteiger partial charge in [0.05, 0.1) is 11.6 Å². The maximum Gasteiger partial charge on any atom is 0.223 e. The van der Waals surface area contributed by atoms with E-state index in [1.54, 1.807) is 4.90 Å². The Morgan fingerprint density at radius 2 is 2.28 bits per heavy atom. The molecule has 0 aromatic heterocycles. The third kappa shape index (κ3) is 1.72. The number of carbonyl (C=O) groups excluding carboxylic acids is 2. The molecular formula is C13H21N3O2. The van der Waals surface area contributed by atoms with E-state index in [9.17, 15) is 9.59 Å². The van der Waals surface area contributed by atoms with E-state index in [4.69, 9.17) is 0 Å². The largest absolute Gasteiger partial charge is 0.356 e. The summed E-state index contributed by atoms with van der Waals surface area (Å²) in [4.78, 5) is 29.9. The lowest BCUT2D eigenvalue weighted by Crippen LogP contribution is -2.48. The molecule has 5 nitrogen and oxygen atoms in total. The molecule has 0 bridgehead atoms. The lowest BCUT2D eigenvalue weighted by atomic mass is 9.81. The maximum atomic E-state index is 11.9. The molecule has 0 aromatic rings. The zero-order valence-corrected chi connectivity index (χ0v) is 11.5. The highest BCUT2D eigenvalue weighted by molar-refractivity contribution is 6.00. The lowest BCUT2D eigenvalue weighted by Gasteiger charge is -2.33. The predicted octanol–water partition coefficient (Wildman–Crippen LogP) is 0.593. The monoisotopic (exact) mass is 251 g/mol. The van der Waals surface area contributed by atoms with Crippen LogP contribution in [-0.4, -0.2) is 47.6 Å². The molecule has 0 aromatic carbocycles. The molecule has 0 spiro atoms. The van der Waals surface area contributed by atoms with Crippen LogP contribution < -0.4 is 5.32 Å². The number of hydrogen-bond acceptors (Lipinski definition) is 3. The molecule has 18 heavy (non-hydrogen) atoms. The Kier molecular flexibility index (Phi) is 3.17. The molecule has 1 N–H and O–H groups in total. The molecule has 2 rings (SSSR count). The van der Waals surface area contributed by atoms with Crippen LogP contribution in [0.1, 0.15) is 33.6 Å². The SMILES string of the molecule is CCNC(=O)CC1N=C(C)C2(C)C1CC(=O)N2C. The summed E-state index contributed by atoms with van der Waals surface area (Å²) < 4.78 is 0. The highest BCUT2D eigenvalue weighted by atomic mass is 16.2. The van der Waals surface area contributed by atoms with E-state index in [-0.39, 0.29) is 29.3 Å². The standard InChI is InChI=1S/C13H21N3O2/c1-5-14-11(17)7-10-9-6-12(18)16(4)13(9,3)8(2)15-10/h9-10H,5-7H2,1-4H3,(H,14,17). The molecule has 2 heterocycles. The van der Waals surface area contributed by atoms with E-state index >= 15 is 0 Å². The Morgan fingerprint density at radius 3 is 2.89 bits per heavy atom. The third-order valence-corrected chi connectivity index (χ3v) is 4.51. The molecule has 2 aliphatic heterocycles. The van der Waals surface area contributed by atoms with Crippen molar-refractivity contribution >= 4 is 17.5 Å². The van der Waals surface area contributed by atoms with Crippen molar-refractivity contribution in [1.82, 2.24) is 10.2 Å². The molecule has 2 aliphatic rings. The van der Waals surface area contributed by atoms with Crippen LogP contribution in [-0.2, 0) is 9.59 Å². The molecule has 1 saturated heterocycles. The number of hydrogen-bond donors (Lipinski definition) is 1. The molecule has 2 amide bonds. The maximum absolute atomic E-state index is 11.9. The molecule has 3 atom stereocenters. The van der Waals surface area contributed by atoms with Crippen LogP contribution in [0.4, 0.5) is 0 Å². The zero-order chi connectivity index (χ0) is 13.5. The zero-order valence-electron chi connectivity index (χ0n) is 11.5. The average Bonchev–Trinajstić information content (AvgIpc) is 2.66. The van der Waals surface area contributed by atoms with Crippen molar-refractivity contribution in [1.29, 1.82) is 0 Å². The number of nitrogens with one attached hydrogen (secondary N) is 1. The summed E-state index contributed by atoms with van der Waals surface area (Å²) in [5.74, 6) is 0.306. The van der Waals surface area contributed by atoms with Crippen molar-refractivity contribution < 1.29 is 9.59 Å². The van der Waals surface area contributed by atoms with Crippen molar-refractivity contribution in [2.75, 3.05) is 13.6 Å². The van der Waals surface area contributed by atoms with Gasteiger partial charge in [-0.05, 0) is 20.8 Å². The fraction of sp³-hybridized carbons (Fsp3) is 0.769. The van der Waals surface area contributed by atoms with E-state index in [0.29, 0.717) is 19.4 Å². The van der Waals surface area contributed by atoms with Crippen molar-refractivity contribution in [2.24, 2.45) is 10.9 Å². The summed E-state index contributed by atoms with van der Waals surface area (Å²) in [5, 5.41) is 2.80. The number of amides is 2. The normalized spacial score (nSPS) is 34.6. The van der Waals surface area contributed by atoms with Gasteiger partial charge in [0.2, 0.25) is 11.8 Å². The molecule has 0 aliphatic carbocycles. The van der Waals surface area contributed by atoms with Gasteiger partial charge >= 0.3 is 0 Å². The summed E-state index contributed by atoms with van der Waals surface area (Å²) in [6, 6.07) is -0.0598. The van der Waals surface area contributed by atoms with Crippen LogP contribution in [0.3, 0.4) is 0 Å². The van der Waals surface area contributed by atoms with Gasteiger partial charge in [-0.2, -0.15) is 0 Å². The Balaban J connectivity index is 2.17. The predicted molar refractivity (Wildman–Crippen MR) is 69.5 cm³/mol. The Labute approximate surface area is 108 Å². The minimum absolute atomic E-state index is 0.0188. The van der Waals surface area contributed by atoms with Gasteiger partial charge in [-0.3, -0.25) is 14.6 Å². The van der Waals surface area contributed by atoms with Gasteiger partial charge in [-0.1, -0.05) is 0 Å². The highest BCUT2D eigenvalue weighted by Gasteiger charge is 2.56. The van der Waals surface area contributed by atoms with Crippen LogP contribution in [0, 0.1) is 5.92 Å². The fourth-order valence-corrected chi connectivity index (χ4v) is 3.17. The van der Waals surface area contributed by atoms with Crippen LogP contribution in [0.15, 0.2) is 4.99 Å². The van der Waals surface area contributed by atoms with Crippen molar-refractivity contribution in [3.63, 3.8) is 0 Å². The molecular weight excluding hydrogens is 230 g/mol. The van der Waals surface area contributed by atoms with Crippen LogP contribution in [0.2, 0.25) is 0 Å². The van der Waals surface area contributed by atoms with Crippen molar-refractivity contribution in [2.45, 2.75) is 45.2 Å². The lowest BCUT2D eigenvalue weighted by molar-refractivity contribution is -0.128. The van der Waals surface area contributed by atoms with E-state index in [0.717, 1.165) is 5.71 Å². The van der Waals surface area contributed by atoms with Gasteiger partial charge in [0, 0.05) is 38.1 Å². The first-order valence-corrected chi connectivity index (χ1v) is 6.49. The van der Waals surface area contributed by atoms with Crippen LogP contribution >= 0.6 is 0 Å². The highest BCUT2D eigenvalue weighted by Crippen LogP contribution is 2.44. The Bertz CT molecular complexity index is 418. The van der Waals surface area contributed by atoms with E-state index in [1.165, 1.54) is 0 Å². The van der Waals surface area contributed by atoms with Crippen LogP contribution in [0.5, 0.6) is 0 Å². The van der Waals surface area contributed by atoms with Gasteiger partial charge < -0.3 is 10.2 Å². The minimum Gasteiger partial charge on any atom is -0.356 e. The second kappa shape index (κ2) is 4.37. The van der Waals surface area contributed by atoms with Crippen molar-refractivity contribution in [3.05, 3.63) is 0 Å². The molecule has 1 fully saturated rings. The first-order valence-electron chi connectivity index (χ1n) is 6.49. The summed E-state index contributed by atoms with van der Waals surface area (Å²) in [7, 11) is 1.83. The molecule has 0 radical (unpaired) electrons. The van der Waals surface area contributed by atoms with Gasteiger partial charge in [0.15, 0.2) is 0 Å². The van der Waals surface area contributed by atoms with Gasteiger partial charge in [0.1, 0.15) is 0 Å².